The third-order valence-corrected chi connectivity index (χ3v) is 4.83. The van der Waals surface area contributed by atoms with E-state index in [4.69, 9.17) is 9.72 Å². The van der Waals surface area contributed by atoms with Crippen LogP contribution < -0.4 is 10.1 Å². The molecule has 3 heterocycles. The largest absolute Gasteiger partial charge is 0.483 e. The van der Waals surface area contributed by atoms with Crippen LogP contribution in [0.1, 0.15) is 41.3 Å². The highest BCUT2D eigenvalue weighted by Crippen LogP contribution is 2.38. The van der Waals surface area contributed by atoms with Crippen LogP contribution in [0.15, 0.2) is 29.6 Å². The highest BCUT2D eigenvalue weighted by molar-refractivity contribution is 7.09. The second kappa shape index (κ2) is 4.62. The molecule has 2 unspecified atom stereocenters. The number of hydrogen-bond donors (Lipinski definition) is 1. The predicted octanol–water partition coefficient (Wildman–Crippen LogP) is 3.24. The molecule has 2 aliphatic heterocycles. The van der Waals surface area contributed by atoms with Crippen molar-refractivity contribution >= 4 is 11.3 Å². The van der Waals surface area contributed by atoms with Crippen LogP contribution in [0.4, 0.5) is 0 Å². The molecule has 0 spiro atoms. The van der Waals surface area contributed by atoms with Crippen molar-refractivity contribution < 1.29 is 4.74 Å². The molecular formula is C15H16N2OS. The molecule has 2 aromatic rings. The summed E-state index contributed by atoms with van der Waals surface area (Å²) in [7, 11) is 0. The third kappa shape index (κ3) is 2.05. The van der Waals surface area contributed by atoms with Crippen molar-refractivity contribution in [2.45, 2.75) is 31.4 Å². The first-order valence-electron chi connectivity index (χ1n) is 6.83. The normalized spacial score (nSPS) is 25.3. The Kier molecular flexibility index (Phi) is 2.78. The minimum absolute atomic E-state index is 0.109. The van der Waals surface area contributed by atoms with Gasteiger partial charge in [-0.05, 0) is 31.0 Å². The molecular weight excluding hydrogens is 256 g/mol. The van der Waals surface area contributed by atoms with Gasteiger partial charge in [-0.2, -0.15) is 0 Å². The summed E-state index contributed by atoms with van der Waals surface area (Å²) in [4.78, 5) is 4.79. The second-order valence-corrected chi connectivity index (χ2v) is 6.07. The number of nitrogens with zero attached hydrogens (tertiary/aromatic N) is 1. The number of para-hydroxylation sites is 1. The first-order chi connectivity index (χ1) is 9.40. The van der Waals surface area contributed by atoms with Gasteiger partial charge in [0.15, 0.2) is 6.10 Å². The van der Waals surface area contributed by atoms with Crippen LogP contribution in [0.25, 0.3) is 0 Å². The first-order valence-corrected chi connectivity index (χ1v) is 7.71. The molecule has 0 aliphatic carbocycles. The molecule has 1 saturated heterocycles. The van der Waals surface area contributed by atoms with Crippen LogP contribution in [-0.4, -0.2) is 11.5 Å². The molecule has 1 aromatic carbocycles. The lowest BCUT2D eigenvalue weighted by atomic mass is 10.1. The van der Waals surface area contributed by atoms with E-state index in [1.54, 1.807) is 11.3 Å². The summed E-state index contributed by atoms with van der Waals surface area (Å²) in [5.74, 6) is 1.02. The molecule has 19 heavy (non-hydrogen) atoms. The van der Waals surface area contributed by atoms with E-state index in [2.05, 4.69) is 22.8 Å². The lowest BCUT2D eigenvalue weighted by Gasteiger charge is -2.08. The van der Waals surface area contributed by atoms with E-state index in [0.29, 0.717) is 6.04 Å². The molecule has 0 saturated carbocycles. The molecule has 0 amide bonds. The molecule has 2 atom stereocenters. The van der Waals surface area contributed by atoms with Gasteiger partial charge < -0.3 is 10.1 Å². The minimum Gasteiger partial charge on any atom is -0.483 e. The van der Waals surface area contributed by atoms with Crippen molar-refractivity contribution in [1.29, 1.82) is 0 Å². The zero-order chi connectivity index (χ0) is 12.7. The molecule has 4 heteroatoms. The minimum atomic E-state index is 0.109. The topological polar surface area (TPSA) is 34.2 Å². The molecule has 3 nitrogen and oxygen atoms in total. The van der Waals surface area contributed by atoms with E-state index in [9.17, 15) is 0 Å². The van der Waals surface area contributed by atoms with Crippen LogP contribution in [-0.2, 0) is 6.42 Å². The lowest BCUT2D eigenvalue weighted by molar-refractivity contribution is 0.237. The van der Waals surface area contributed by atoms with Crippen LogP contribution in [0.3, 0.4) is 0 Å². The van der Waals surface area contributed by atoms with E-state index >= 15 is 0 Å². The maximum absolute atomic E-state index is 6.00. The van der Waals surface area contributed by atoms with Crippen molar-refractivity contribution in [3.63, 3.8) is 0 Å². The molecule has 98 valence electrons. The number of aromatic nitrogens is 1. The summed E-state index contributed by atoms with van der Waals surface area (Å²) in [5.41, 5.74) is 2.49. The summed E-state index contributed by atoms with van der Waals surface area (Å²) in [6.07, 6.45) is 3.51. The smallest absolute Gasteiger partial charge is 0.154 e. The van der Waals surface area contributed by atoms with Crippen LogP contribution in [0.5, 0.6) is 5.75 Å². The van der Waals surface area contributed by atoms with Crippen molar-refractivity contribution in [1.82, 2.24) is 10.3 Å². The van der Waals surface area contributed by atoms with Gasteiger partial charge in [0, 0.05) is 11.8 Å². The molecule has 4 rings (SSSR count). The van der Waals surface area contributed by atoms with Crippen LogP contribution in [0, 0.1) is 0 Å². The Hall–Kier alpha value is -1.39. The maximum Gasteiger partial charge on any atom is 0.154 e. The molecule has 1 fully saturated rings. The van der Waals surface area contributed by atoms with Crippen molar-refractivity contribution in [3.8, 4) is 5.75 Å². The number of nitrogens with one attached hydrogen (secondary N) is 1. The van der Waals surface area contributed by atoms with E-state index in [0.717, 1.165) is 23.7 Å². The van der Waals surface area contributed by atoms with Gasteiger partial charge in [0.2, 0.25) is 0 Å². The van der Waals surface area contributed by atoms with Crippen molar-refractivity contribution in [2.24, 2.45) is 0 Å². The van der Waals surface area contributed by atoms with Gasteiger partial charge in [0.05, 0.1) is 11.7 Å². The van der Waals surface area contributed by atoms with Gasteiger partial charge in [-0.3, -0.25) is 0 Å². The van der Waals surface area contributed by atoms with Crippen molar-refractivity contribution in [2.75, 3.05) is 6.54 Å². The predicted molar refractivity (Wildman–Crippen MR) is 75.6 cm³/mol. The number of thiazole rings is 1. The average molecular weight is 272 g/mol. The standard InChI is InChI=1S/C15H16N2OS/c1-2-6-13-10(4-1)8-14(18-13)15-17-12(9-19-15)11-5-3-7-16-11/h1-2,4,6,9,11,14,16H,3,5,7-8H2. The Bertz CT molecular complexity index is 564. The maximum atomic E-state index is 6.00. The molecule has 1 aromatic heterocycles. The Labute approximate surface area is 116 Å². The average Bonchev–Trinajstić information content (AvgIpc) is 3.17. The fourth-order valence-electron chi connectivity index (χ4n) is 2.87. The lowest BCUT2D eigenvalue weighted by Crippen LogP contribution is -2.13. The van der Waals surface area contributed by atoms with Gasteiger partial charge in [0.1, 0.15) is 10.8 Å². The van der Waals surface area contributed by atoms with Crippen LogP contribution >= 0.6 is 11.3 Å². The summed E-state index contributed by atoms with van der Waals surface area (Å²) >= 11 is 1.73. The molecule has 0 radical (unpaired) electrons. The van der Waals surface area contributed by atoms with Gasteiger partial charge in [-0.25, -0.2) is 4.98 Å². The molecule has 2 aliphatic rings. The van der Waals surface area contributed by atoms with E-state index in [1.807, 2.05) is 12.1 Å². The van der Waals surface area contributed by atoms with Crippen molar-refractivity contribution in [3.05, 3.63) is 45.9 Å². The monoisotopic (exact) mass is 272 g/mol. The third-order valence-electron chi connectivity index (χ3n) is 3.88. The van der Waals surface area contributed by atoms with E-state index in [1.165, 1.54) is 24.1 Å². The van der Waals surface area contributed by atoms with Gasteiger partial charge in [-0.1, -0.05) is 18.2 Å². The Balaban J connectivity index is 1.55. The molecule has 1 N–H and O–H groups in total. The zero-order valence-electron chi connectivity index (χ0n) is 10.6. The zero-order valence-corrected chi connectivity index (χ0v) is 11.5. The number of rotatable bonds is 2. The van der Waals surface area contributed by atoms with Gasteiger partial charge in [-0.15, -0.1) is 11.3 Å². The Morgan fingerprint density at radius 1 is 1.32 bits per heavy atom. The second-order valence-electron chi connectivity index (χ2n) is 5.18. The fraction of sp³-hybridized carbons (Fsp3) is 0.400. The van der Waals surface area contributed by atoms with Gasteiger partial charge in [0.25, 0.3) is 0 Å². The highest BCUT2D eigenvalue weighted by atomic mass is 32.1. The number of fused-ring (bicyclic) bond motifs is 1. The summed E-state index contributed by atoms with van der Waals surface area (Å²) in [6, 6.07) is 8.73. The highest BCUT2D eigenvalue weighted by Gasteiger charge is 2.28. The summed E-state index contributed by atoms with van der Waals surface area (Å²) in [5, 5.41) is 6.79. The van der Waals surface area contributed by atoms with Gasteiger partial charge >= 0.3 is 0 Å². The number of benzene rings is 1. The molecule has 0 bridgehead atoms. The summed E-state index contributed by atoms with van der Waals surface area (Å²) < 4.78 is 6.00. The number of hydrogen-bond acceptors (Lipinski definition) is 4. The fourth-order valence-corrected chi connectivity index (χ4v) is 3.77. The Morgan fingerprint density at radius 2 is 2.26 bits per heavy atom. The van der Waals surface area contributed by atoms with E-state index in [-0.39, 0.29) is 6.10 Å². The SMILES string of the molecule is c1ccc2c(c1)CC(c1nc(C3CCCN3)cs1)O2. The first kappa shape index (κ1) is 11.4. The number of ether oxygens (including phenoxy) is 1. The Morgan fingerprint density at radius 3 is 3.11 bits per heavy atom. The quantitative estimate of drug-likeness (QED) is 0.911. The van der Waals surface area contributed by atoms with Crippen LogP contribution in [0.2, 0.25) is 0 Å². The summed E-state index contributed by atoms with van der Waals surface area (Å²) in [6.45, 7) is 1.11. The van der Waals surface area contributed by atoms with E-state index < -0.39 is 0 Å².